The fourth-order valence-electron chi connectivity index (χ4n) is 4.32. The van der Waals surface area contributed by atoms with Gasteiger partial charge in [-0.05, 0) is 41.5 Å². The van der Waals surface area contributed by atoms with Gasteiger partial charge in [-0.3, -0.25) is 9.78 Å². The van der Waals surface area contributed by atoms with Gasteiger partial charge in [-0.2, -0.15) is 0 Å². The molecule has 5 aromatic rings. The van der Waals surface area contributed by atoms with Crippen molar-refractivity contribution in [2.45, 2.75) is 12.6 Å². The van der Waals surface area contributed by atoms with Crippen LogP contribution in [0, 0.1) is 0 Å². The third-order valence-corrected chi connectivity index (χ3v) is 6.24. The van der Waals surface area contributed by atoms with E-state index in [4.69, 9.17) is 4.42 Å². The maximum Gasteiger partial charge on any atom is 0.251 e. The number of rotatable bonds is 8. The summed E-state index contributed by atoms with van der Waals surface area (Å²) in [6.45, 7) is 0.361. The molecule has 1 atom stereocenters. The van der Waals surface area contributed by atoms with Gasteiger partial charge in [0.05, 0.1) is 29.5 Å². The molecular weight excluding hydrogens is 482 g/mol. The summed E-state index contributed by atoms with van der Waals surface area (Å²) >= 11 is 0. The predicted molar refractivity (Wildman–Crippen MR) is 142 cm³/mol. The molecule has 38 heavy (non-hydrogen) atoms. The van der Waals surface area contributed by atoms with E-state index >= 15 is 0 Å². The third-order valence-electron chi connectivity index (χ3n) is 6.24. The molecule has 3 aromatic heterocycles. The summed E-state index contributed by atoms with van der Waals surface area (Å²) in [7, 11) is 0. The van der Waals surface area contributed by atoms with Crippen molar-refractivity contribution in [3.8, 4) is 22.9 Å². The number of amides is 1. The van der Waals surface area contributed by atoms with Crippen molar-refractivity contribution in [1.82, 2.24) is 25.5 Å². The maximum atomic E-state index is 11.9. The summed E-state index contributed by atoms with van der Waals surface area (Å²) in [4.78, 5) is 20.6. The first kappa shape index (κ1) is 23.3. The number of aliphatic hydroxyl groups is 1. The average Bonchev–Trinajstić information content (AvgIpc) is 3.60. The van der Waals surface area contributed by atoms with Crippen molar-refractivity contribution in [2.24, 2.45) is 0 Å². The van der Waals surface area contributed by atoms with Crippen LogP contribution in [0.4, 0.5) is 17.2 Å². The number of pyridine rings is 2. The Bertz CT molecular complexity index is 1590. The van der Waals surface area contributed by atoms with Crippen molar-refractivity contribution in [1.29, 1.82) is 0 Å². The molecule has 0 spiro atoms. The van der Waals surface area contributed by atoms with Crippen molar-refractivity contribution in [3.63, 3.8) is 0 Å². The number of hydrogen-bond donors (Lipinski definition) is 4. The minimum Gasteiger partial charge on any atom is -0.416 e. The van der Waals surface area contributed by atoms with Crippen LogP contribution in [0.3, 0.4) is 0 Å². The zero-order valence-corrected chi connectivity index (χ0v) is 20.1. The summed E-state index contributed by atoms with van der Waals surface area (Å²) in [5.41, 5.74) is 5.24. The van der Waals surface area contributed by atoms with Gasteiger partial charge in [0, 0.05) is 42.5 Å². The maximum absolute atomic E-state index is 11.9. The molecule has 6 rings (SSSR count). The van der Waals surface area contributed by atoms with E-state index < -0.39 is 0 Å². The first-order valence-corrected chi connectivity index (χ1v) is 12.0. The van der Waals surface area contributed by atoms with Crippen molar-refractivity contribution in [3.05, 3.63) is 102 Å². The molecule has 10 nitrogen and oxygen atoms in total. The topological polar surface area (TPSA) is 138 Å². The highest BCUT2D eigenvalue weighted by atomic mass is 16.4. The molecule has 0 aliphatic carbocycles. The van der Waals surface area contributed by atoms with Gasteiger partial charge in [0.15, 0.2) is 0 Å². The number of aliphatic hydroxyl groups excluding tert-OH is 1. The lowest BCUT2D eigenvalue weighted by molar-refractivity contribution is 0.0965. The lowest BCUT2D eigenvalue weighted by Gasteiger charge is -2.20. The highest BCUT2D eigenvalue weighted by Gasteiger charge is 2.21. The highest BCUT2D eigenvalue weighted by molar-refractivity contribution is 5.98. The van der Waals surface area contributed by atoms with Gasteiger partial charge in [0.25, 0.3) is 11.8 Å². The van der Waals surface area contributed by atoms with Crippen LogP contribution in [-0.2, 0) is 6.54 Å². The molecule has 1 aliphatic rings. The Morgan fingerprint density at radius 2 is 1.84 bits per heavy atom. The lowest BCUT2D eigenvalue weighted by Crippen LogP contribution is -2.15. The number of fused-ring (bicyclic) bond motifs is 1. The second-order valence-electron chi connectivity index (χ2n) is 8.74. The normalized spacial score (nSPS) is 13.0. The summed E-state index contributed by atoms with van der Waals surface area (Å²) in [6, 6.07) is 20.3. The van der Waals surface area contributed by atoms with Crippen LogP contribution in [-0.4, -0.2) is 37.8 Å². The summed E-state index contributed by atoms with van der Waals surface area (Å²) in [5.74, 6) is 1.11. The van der Waals surface area contributed by atoms with E-state index in [0.29, 0.717) is 40.6 Å². The van der Waals surface area contributed by atoms with Gasteiger partial charge < -0.3 is 25.5 Å². The van der Waals surface area contributed by atoms with E-state index in [1.165, 1.54) is 0 Å². The first-order chi connectivity index (χ1) is 18.7. The van der Waals surface area contributed by atoms with Crippen LogP contribution < -0.4 is 16.0 Å². The Morgan fingerprint density at radius 1 is 0.974 bits per heavy atom. The van der Waals surface area contributed by atoms with Crippen molar-refractivity contribution >= 4 is 23.1 Å². The Balaban J connectivity index is 1.35. The molecule has 0 radical (unpaired) electrons. The van der Waals surface area contributed by atoms with E-state index in [1.54, 1.807) is 30.7 Å². The summed E-state index contributed by atoms with van der Waals surface area (Å²) < 4.78 is 5.97. The average molecular weight is 506 g/mol. The van der Waals surface area contributed by atoms with Crippen LogP contribution >= 0.6 is 0 Å². The Morgan fingerprint density at radius 3 is 2.66 bits per heavy atom. The second kappa shape index (κ2) is 10.1. The highest BCUT2D eigenvalue weighted by Crippen LogP contribution is 2.34. The lowest BCUT2D eigenvalue weighted by atomic mass is 10.1. The number of hydrogen-bond acceptors (Lipinski definition) is 9. The molecule has 0 unspecified atom stereocenters. The van der Waals surface area contributed by atoms with E-state index in [9.17, 15) is 9.90 Å². The fourth-order valence-corrected chi connectivity index (χ4v) is 4.32. The zero-order chi connectivity index (χ0) is 25.9. The number of nitrogens with one attached hydrogen (secondary N) is 3. The Labute approximate surface area is 217 Å². The van der Waals surface area contributed by atoms with Crippen LogP contribution in [0.1, 0.15) is 27.5 Å². The van der Waals surface area contributed by atoms with Gasteiger partial charge in [0.2, 0.25) is 5.89 Å². The number of carbonyl (C=O) groups is 1. The van der Waals surface area contributed by atoms with Gasteiger partial charge in [-0.1, -0.05) is 30.3 Å². The summed E-state index contributed by atoms with van der Waals surface area (Å²) in [5, 5.41) is 28.1. The number of nitrogens with zero attached hydrogens (tertiary/aromatic N) is 4. The molecular formula is C28H23N7O3. The fraction of sp³-hybridized carbons (Fsp3) is 0.107. The van der Waals surface area contributed by atoms with E-state index in [-0.39, 0.29) is 24.4 Å². The zero-order valence-electron chi connectivity index (χ0n) is 20.1. The minimum absolute atomic E-state index is 0.0679. The first-order valence-electron chi connectivity index (χ1n) is 12.0. The van der Waals surface area contributed by atoms with Crippen LogP contribution in [0.2, 0.25) is 0 Å². The molecule has 1 amide bonds. The van der Waals surface area contributed by atoms with E-state index in [0.717, 1.165) is 16.8 Å². The molecule has 4 N–H and O–H groups in total. The van der Waals surface area contributed by atoms with E-state index in [2.05, 4.69) is 36.1 Å². The molecule has 10 heteroatoms. The standard InChI is InChI=1S/C28H23N7O3/c36-16-24(17-5-2-1-3-6-17)33-23-12-25(32-20-8-9-21-19(11-20)14-31-26(21)37)30-15-22(23)28-35-34-27(38-28)18-7-4-10-29-13-18/h1-13,15,24,36H,14,16H2,(H,31,37)(H2,30,32,33)/t24-/m1/s1. The largest absolute Gasteiger partial charge is 0.416 e. The number of anilines is 3. The predicted octanol–water partition coefficient (Wildman–Crippen LogP) is 4.33. The Hall–Kier alpha value is -5.09. The molecule has 188 valence electrons. The van der Waals surface area contributed by atoms with E-state index in [1.807, 2.05) is 54.6 Å². The quantitative estimate of drug-likeness (QED) is 0.243. The smallest absolute Gasteiger partial charge is 0.251 e. The van der Waals surface area contributed by atoms with Crippen LogP contribution in [0.15, 0.2) is 89.7 Å². The van der Waals surface area contributed by atoms with Gasteiger partial charge in [-0.25, -0.2) is 4.98 Å². The molecule has 0 bridgehead atoms. The van der Waals surface area contributed by atoms with Gasteiger partial charge >= 0.3 is 0 Å². The SMILES string of the molecule is O=C1NCc2cc(Nc3cc(N[C@H](CO)c4ccccc4)c(-c4nnc(-c5cccnc5)o4)cn3)ccc21. The molecule has 2 aromatic carbocycles. The van der Waals surface area contributed by atoms with Crippen molar-refractivity contribution < 1.29 is 14.3 Å². The third kappa shape index (κ3) is 4.67. The minimum atomic E-state index is -0.386. The van der Waals surface area contributed by atoms with Crippen molar-refractivity contribution in [2.75, 3.05) is 17.2 Å². The van der Waals surface area contributed by atoms with Gasteiger partial charge in [-0.15, -0.1) is 10.2 Å². The van der Waals surface area contributed by atoms with Gasteiger partial charge in [0.1, 0.15) is 5.82 Å². The molecule has 0 saturated heterocycles. The molecule has 0 saturated carbocycles. The Kier molecular flexibility index (Phi) is 6.20. The van der Waals surface area contributed by atoms with Crippen LogP contribution in [0.25, 0.3) is 22.9 Å². The van der Waals surface area contributed by atoms with Crippen LogP contribution in [0.5, 0.6) is 0 Å². The second-order valence-corrected chi connectivity index (χ2v) is 8.74. The summed E-state index contributed by atoms with van der Waals surface area (Å²) in [6.07, 6.45) is 4.97. The number of aromatic nitrogens is 4. The monoisotopic (exact) mass is 505 g/mol. The number of benzene rings is 2. The molecule has 1 aliphatic heterocycles. The number of carbonyl (C=O) groups excluding carboxylic acids is 1. The molecule has 4 heterocycles. The molecule has 0 fully saturated rings.